The van der Waals surface area contributed by atoms with Gasteiger partial charge < -0.3 is 10.6 Å². The Balaban J connectivity index is 2.22. The first-order chi connectivity index (χ1) is 9.58. The predicted octanol–water partition coefficient (Wildman–Crippen LogP) is 4.27. The Morgan fingerprint density at radius 3 is 2.65 bits per heavy atom. The molecule has 2 N–H and O–H groups in total. The fraction of sp³-hybridized carbons (Fsp3) is 0.667. The van der Waals surface area contributed by atoms with Crippen LogP contribution in [0.25, 0.3) is 0 Å². The van der Waals surface area contributed by atoms with Crippen LogP contribution in [0.2, 0.25) is 0 Å². The molecule has 2 rings (SSSR count). The van der Waals surface area contributed by atoms with Crippen LogP contribution in [0, 0.1) is 5.92 Å². The van der Waals surface area contributed by atoms with Gasteiger partial charge in [0.05, 0.1) is 15.5 Å². The maximum atomic E-state index is 12.0. The number of nitrogens with two attached hydrogens (primary N) is 1. The molecule has 1 aliphatic carbocycles. The minimum atomic E-state index is 0.156. The number of ketones is 1. The van der Waals surface area contributed by atoms with Crippen LogP contribution < -0.4 is 10.6 Å². The second kappa shape index (κ2) is 6.85. The van der Waals surface area contributed by atoms with Crippen LogP contribution in [-0.2, 0) is 0 Å². The van der Waals surface area contributed by atoms with E-state index in [0.29, 0.717) is 12.1 Å². The van der Waals surface area contributed by atoms with Crippen molar-refractivity contribution in [1.82, 2.24) is 0 Å². The number of nitrogens with zero attached hydrogens (tertiary/aromatic N) is 1. The van der Waals surface area contributed by atoms with Gasteiger partial charge in [-0.25, -0.2) is 0 Å². The van der Waals surface area contributed by atoms with Crippen LogP contribution in [0.1, 0.15) is 48.7 Å². The Hall–Kier alpha value is -0.680. The van der Waals surface area contributed by atoms with Crippen molar-refractivity contribution in [3.05, 3.63) is 4.88 Å². The maximum absolute atomic E-state index is 12.0. The first kappa shape index (κ1) is 15.7. The normalized spacial score (nSPS) is 15.8. The molecule has 1 aliphatic rings. The van der Waals surface area contributed by atoms with Gasteiger partial charge in [-0.3, -0.25) is 4.79 Å². The van der Waals surface area contributed by atoms with E-state index in [1.54, 1.807) is 23.1 Å². The van der Waals surface area contributed by atoms with E-state index in [0.717, 1.165) is 22.2 Å². The summed E-state index contributed by atoms with van der Waals surface area (Å²) in [5, 5.41) is 1.17. The van der Waals surface area contributed by atoms with Gasteiger partial charge in [-0.2, -0.15) is 0 Å². The van der Waals surface area contributed by atoms with Gasteiger partial charge in [0.25, 0.3) is 0 Å². The molecule has 0 saturated heterocycles. The number of hydrogen-bond acceptors (Lipinski definition) is 5. The lowest BCUT2D eigenvalue weighted by atomic mass is 10.1. The molecular formula is C15H24N2OS2. The van der Waals surface area contributed by atoms with Gasteiger partial charge in [0.2, 0.25) is 0 Å². The lowest BCUT2D eigenvalue weighted by molar-refractivity contribution is 0.0992. The molecule has 0 aliphatic heterocycles. The summed E-state index contributed by atoms with van der Waals surface area (Å²) in [7, 11) is 2.13. The summed E-state index contributed by atoms with van der Waals surface area (Å²) in [6.45, 7) is 2.97. The molecule has 3 nitrogen and oxygen atoms in total. The van der Waals surface area contributed by atoms with Gasteiger partial charge in [0.1, 0.15) is 5.00 Å². The Morgan fingerprint density at radius 1 is 1.45 bits per heavy atom. The predicted molar refractivity (Wildman–Crippen MR) is 90.4 cm³/mol. The van der Waals surface area contributed by atoms with Gasteiger partial charge in [0.15, 0.2) is 5.78 Å². The highest BCUT2D eigenvalue weighted by Gasteiger charge is 2.24. The smallest absolute Gasteiger partial charge is 0.174 e. The molecule has 5 heteroatoms. The molecule has 0 atom stereocenters. The summed E-state index contributed by atoms with van der Waals surface area (Å²) in [4.78, 5) is 16.1. The first-order valence-corrected chi connectivity index (χ1v) is 9.33. The topological polar surface area (TPSA) is 46.3 Å². The van der Waals surface area contributed by atoms with E-state index in [9.17, 15) is 4.79 Å². The van der Waals surface area contributed by atoms with Crippen molar-refractivity contribution in [2.75, 3.05) is 30.5 Å². The van der Waals surface area contributed by atoms with Gasteiger partial charge in [-0.15, -0.1) is 23.1 Å². The van der Waals surface area contributed by atoms with Gasteiger partial charge in [0, 0.05) is 20.0 Å². The molecule has 1 aromatic rings. The molecule has 1 aromatic heterocycles. The molecule has 0 aromatic carbocycles. The van der Waals surface area contributed by atoms with Gasteiger partial charge in [-0.1, -0.05) is 19.8 Å². The number of thioether (sulfide) groups is 1. The summed E-state index contributed by atoms with van der Waals surface area (Å²) in [5.74, 6) is 0.951. The maximum Gasteiger partial charge on any atom is 0.174 e. The molecule has 0 bridgehead atoms. The molecular weight excluding hydrogens is 288 g/mol. The van der Waals surface area contributed by atoms with Crippen molar-refractivity contribution >= 4 is 39.6 Å². The molecule has 1 saturated carbocycles. The average molecular weight is 313 g/mol. The Kier molecular flexibility index (Phi) is 5.38. The number of hydrogen-bond donors (Lipinski definition) is 1. The highest BCUT2D eigenvalue weighted by Crippen LogP contribution is 2.44. The van der Waals surface area contributed by atoms with Crippen molar-refractivity contribution in [2.24, 2.45) is 5.92 Å². The molecule has 0 amide bonds. The van der Waals surface area contributed by atoms with Crippen molar-refractivity contribution in [2.45, 2.75) is 43.9 Å². The van der Waals surface area contributed by atoms with Crippen LogP contribution in [0.4, 0.5) is 10.7 Å². The second-order valence-electron chi connectivity index (χ2n) is 5.49. The van der Waals surface area contributed by atoms with Crippen LogP contribution in [-0.4, -0.2) is 25.6 Å². The summed E-state index contributed by atoms with van der Waals surface area (Å²) in [6.07, 6.45) is 7.94. The van der Waals surface area contributed by atoms with Crippen LogP contribution in [0.3, 0.4) is 0 Å². The minimum absolute atomic E-state index is 0.156. The van der Waals surface area contributed by atoms with E-state index in [2.05, 4.69) is 11.9 Å². The lowest BCUT2D eigenvalue weighted by Gasteiger charge is -2.22. The van der Waals surface area contributed by atoms with E-state index < -0.39 is 0 Å². The molecule has 1 heterocycles. The van der Waals surface area contributed by atoms with E-state index in [1.807, 2.05) is 13.2 Å². The molecule has 0 spiro atoms. The SMILES string of the molecule is CCC(=O)c1sc(N(C)CC2CCCC2)c(SC)c1N. The molecule has 112 valence electrons. The number of thiophene rings is 1. The largest absolute Gasteiger partial charge is 0.396 e. The zero-order valence-electron chi connectivity index (χ0n) is 12.6. The van der Waals surface area contributed by atoms with Gasteiger partial charge >= 0.3 is 0 Å². The number of nitrogen functional groups attached to an aromatic ring is 1. The molecule has 0 radical (unpaired) electrons. The quantitative estimate of drug-likeness (QED) is 0.629. The van der Waals surface area contributed by atoms with Crippen molar-refractivity contribution in [3.63, 3.8) is 0 Å². The Labute approximate surface area is 129 Å². The average Bonchev–Trinajstić information content (AvgIpc) is 3.05. The van der Waals surface area contributed by atoms with Gasteiger partial charge in [-0.05, 0) is 25.0 Å². The number of Topliss-reactive ketones (excluding diaryl/α,β-unsaturated/α-hetero) is 1. The molecule has 1 fully saturated rings. The summed E-state index contributed by atoms with van der Waals surface area (Å²) in [6, 6.07) is 0. The standard InChI is InChI=1S/C15H24N2OS2/c1-4-11(18)13-12(16)14(19-3)15(20-13)17(2)9-10-7-5-6-8-10/h10H,4-9,16H2,1-3H3. The fourth-order valence-electron chi connectivity index (χ4n) is 2.90. The van der Waals surface area contributed by atoms with Crippen LogP contribution in [0.15, 0.2) is 4.90 Å². The highest BCUT2D eigenvalue weighted by molar-refractivity contribution is 7.99. The van der Waals surface area contributed by atoms with Crippen LogP contribution >= 0.6 is 23.1 Å². The van der Waals surface area contributed by atoms with Crippen LogP contribution in [0.5, 0.6) is 0 Å². The number of anilines is 2. The summed E-state index contributed by atoms with van der Waals surface area (Å²) >= 11 is 3.21. The zero-order valence-corrected chi connectivity index (χ0v) is 14.2. The van der Waals surface area contributed by atoms with Crippen molar-refractivity contribution in [1.29, 1.82) is 0 Å². The third-order valence-corrected chi connectivity index (χ3v) is 6.33. The number of carbonyl (C=O) groups excluding carboxylic acids is 1. The van der Waals surface area contributed by atoms with E-state index in [4.69, 9.17) is 5.73 Å². The lowest BCUT2D eigenvalue weighted by Crippen LogP contribution is -2.23. The molecule has 20 heavy (non-hydrogen) atoms. The highest BCUT2D eigenvalue weighted by atomic mass is 32.2. The second-order valence-corrected chi connectivity index (χ2v) is 7.31. The Morgan fingerprint density at radius 2 is 2.10 bits per heavy atom. The third kappa shape index (κ3) is 3.14. The first-order valence-electron chi connectivity index (χ1n) is 7.29. The van der Waals surface area contributed by atoms with Crippen molar-refractivity contribution in [3.8, 4) is 0 Å². The number of rotatable bonds is 6. The van der Waals surface area contributed by atoms with E-state index >= 15 is 0 Å². The summed E-state index contributed by atoms with van der Waals surface area (Å²) in [5.41, 5.74) is 6.86. The Bertz CT molecular complexity index is 478. The van der Waals surface area contributed by atoms with E-state index in [-0.39, 0.29) is 5.78 Å². The van der Waals surface area contributed by atoms with E-state index in [1.165, 1.54) is 30.7 Å². The summed E-state index contributed by atoms with van der Waals surface area (Å²) < 4.78 is 0. The zero-order chi connectivity index (χ0) is 14.7. The van der Waals surface area contributed by atoms with Crippen molar-refractivity contribution < 1.29 is 4.79 Å². The minimum Gasteiger partial charge on any atom is -0.396 e. The monoisotopic (exact) mass is 312 g/mol. The fourth-order valence-corrected chi connectivity index (χ4v) is 5.08. The molecule has 0 unspecified atom stereocenters. The third-order valence-electron chi connectivity index (χ3n) is 4.01. The number of carbonyl (C=O) groups is 1.